The van der Waals surface area contributed by atoms with E-state index in [9.17, 15) is 8.42 Å². The van der Waals surface area contributed by atoms with Crippen molar-refractivity contribution in [2.24, 2.45) is 0 Å². The van der Waals surface area contributed by atoms with Crippen LogP contribution in [0.15, 0.2) is 4.34 Å². The zero-order valence-electron chi connectivity index (χ0n) is 4.57. The van der Waals surface area contributed by atoms with Crippen molar-refractivity contribution >= 4 is 22.0 Å². The summed E-state index contributed by atoms with van der Waals surface area (Å²) in [5.41, 5.74) is 0. The Morgan fingerprint density at radius 3 is 2.33 bits per heavy atom. The van der Waals surface area contributed by atoms with Crippen molar-refractivity contribution in [2.75, 3.05) is 0 Å². The fourth-order valence-corrected chi connectivity index (χ4v) is 1.60. The van der Waals surface area contributed by atoms with Gasteiger partial charge in [-0.05, 0) is 6.92 Å². The smallest absolute Gasteiger partial charge is 0.224 e. The van der Waals surface area contributed by atoms with E-state index in [1.54, 1.807) is 6.92 Å². The molecule has 6 heteroatoms. The number of nitrogens with zero attached hydrogens (tertiary/aromatic N) is 2. The first kappa shape index (κ1) is 6.63. The van der Waals surface area contributed by atoms with Gasteiger partial charge >= 0.3 is 0 Å². The van der Waals surface area contributed by atoms with Crippen molar-refractivity contribution < 1.29 is 8.42 Å². The van der Waals surface area contributed by atoms with Crippen LogP contribution in [0, 0.1) is 6.92 Å². The Kier molecular flexibility index (Phi) is 1.77. The van der Waals surface area contributed by atoms with Crippen LogP contribution < -0.4 is 0 Å². The Hall–Kier alpha value is -0.490. The molecule has 0 fully saturated rings. The molecule has 0 spiro atoms. The lowest BCUT2D eigenvalue weighted by molar-refractivity contribution is 0.612. The molecule has 1 aromatic heterocycles. The van der Waals surface area contributed by atoms with Gasteiger partial charge in [-0.25, -0.2) is 8.42 Å². The van der Waals surface area contributed by atoms with Crippen LogP contribution in [0.5, 0.6) is 0 Å². The Morgan fingerprint density at radius 1 is 1.44 bits per heavy atom. The third kappa shape index (κ3) is 1.46. The quantitative estimate of drug-likeness (QED) is 0.585. The molecule has 0 aliphatic carbocycles. The number of thiol groups is 1. The summed E-state index contributed by atoms with van der Waals surface area (Å²) in [6.07, 6.45) is 0. The van der Waals surface area contributed by atoms with Crippen molar-refractivity contribution in [1.29, 1.82) is 0 Å². The van der Waals surface area contributed by atoms with Crippen LogP contribution in [-0.2, 0) is 10.7 Å². The van der Waals surface area contributed by atoms with E-state index in [2.05, 4.69) is 10.2 Å². The maximum Gasteiger partial charge on any atom is 0.229 e. The van der Waals surface area contributed by atoms with Gasteiger partial charge in [-0.3, -0.25) is 0 Å². The monoisotopic (exact) mass is 164 g/mol. The average molecular weight is 164 g/mol. The molecule has 1 heterocycles. The van der Waals surface area contributed by atoms with Gasteiger partial charge in [0, 0.05) is 0 Å². The molecule has 0 radical (unpaired) electrons. The zero-order chi connectivity index (χ0) is 6.85. The maximum absolute atomic E-state index is 10.2. The second-order valence-electron chi connectivity index (χ2n) is 1.36. The van der Waals surface area contributed by atoms with Crippen molar-refractivity contribution in [2.45, 2.75) is 11.3 Å². The molecule has 0 aliphatic heterocycles. The molecule has 1 rings (SSSR count). The first-order valence-electron chi connectivity index (χ1n) is 2.14. The van der Waals surface area contributed by atoms with E-state index in [1.807, 2.05) is 0 Å². The first-order valence-corrected chi connectivity index (χ1v) is 4.14. The third-order valence-corrected chi connectivity index (χ3v) is 2.44. The highest BCUT2D eigenvalue weighted by Crippen LogP contribution is 2.07. The third-order valence-electron chi connectivity index (χ3n) is 0.672. The molecule has 0 saturated heterocycles. The van der Waals surface area contributed by atoms with Crippen molar-refractivity contribution in [3.8, 4) is 0 Å². The van der Waals surface area contributed by atoms with Crippen LogP contribution in [0.1, 0.15) is 5.01 Å². The molecule has 0 atom stereocenters. The molecule has 4 nitrogen and oxygen atoms in total. The lowest BCUT2D eigenvalue weighted by atomic mass is 10.9. The standard InChI is InChI=1S/C3H4N2O2S2/c1-2-4-5-3(8-2)9(6)7/h9H,1H3. The average Bonchev–Trinajstić information content (AvgIpc) is 2.14. The van der Waals surface area contributed by atoms with E-state index in [0.29, 0.717) is 5.01 Å². The molecule has 0 amide bonds. The highest BCUT2D eigenvalue weighted by Gasteiger charge is 1.99. The summed E-state index contributed by atoms with van der Waals surface area (Å²) in [5, 5.41) is 7.58. The van der Waals surface area contributed by atoms with Gasteiger partial charge in [0.05, 0.1) is 0 Å². The number of rotatable bonds is 1. The number of aryl methyl sites for hydroxylation is 1. The first-order chi connectivity index (χ1) is 4.20. The summed E-state index contributed by atoms with van der Waals surface area (Å²) >= 11 is 1.08. The number of hydrogen-bond donors (Lipinski definition) is 1. The largest absolute Gasteiger partial charge is 0.229 e. The van der Waals surface area contributed by atoms with E-state index in [0.717, 1.165) is 11.3 Å². The Labute approximate surface area is 57.5 Å². The van der Waals surface area contributed by atoms with Crippen molar-refractivity contribution in [1.82, 2.24) is 10.2 Å². The summed E-state index contributed by atoms with van der Waals surface area (Å²) in [7, 11) is -2.53. The Bertz CT molecular complexity index is 269. The number of hydrogen-bond acceptors (Lipinski definition) is 5. The lowest BCUT2D eigenvalue weighted by Gasteiger charge is -1.68. The van der Waals surface area contributed by atoms with Gasteiger partial charge in [0.15, 0.2) is 10.7 Å². The normalized spacial score (nSPS) is 10.4. The van der Waals surface area contributed by atoms with E-state index < -0.39 is 10.7 Å². The van der Waals surface area contributed by atoms with Gasteiger partial charge in [-0.15, -0.1) is 10.2 Å². The molecule has 50 valence electrons. The Balaban J connectivity index is 3.12. The molecule has 0 unspecified atom stereocenters. The van der Waals surface area contributed by atoms with E-state index in [-0.39, 0.29) is 4.34 Å². The van der Waals surface area contributed by atoms with Crippen molar-refractivity contribution in [3.05, 3.63) is 5.01 Å². The minimum atomic E-state index is -2.53. The fourth-order valence-electron chi connectivity index (χ4n) is 0.360. The minimum absolute atomic E-state index is 0.0856. The predicted octanol–water partition coefficient (Wildman–Crippen LogP) is -0.183. The minimum Gasteiger partial charge on any atom is -0.224 e. The Morgan fingerprint density at radius 2 is 2.11 bits per heavy atom. The summed E-state index contributed by atoms with van der Waals surface area (Å²) in [5.74, 6) is 0. The van der Waals surface area contributed by atoms with Gasteiger partial charge in [-0.2, -0.15) is 0 Å². The maximum atomic E-state index is 10.2. The molecular formula is C3H4N2O2S2. The summed E-state index contributed by atoms with van der Waals surface area (Å²) in [6.45, 7) is 1.71. The summed E-state index contributed by atoms with van der Waals surface area (Å²) in [6, 6.07) is 0. The molecule has 0 N–H and O–H groups in total. The van der Waals surface area contributed by atoms with Gasteiger partial charge < -0.3 is 0 Å². The van der Waals surface area contributed by atoms with Gasteiger partial charge in [0.2, 0.25) is 4.34 Å². The molecular weight excluding hydrogens is 160 g/mol. The van der Waals surface area contributed by atoms with Gasteiger partial charge in [-0.1, -0.05) is 11.3 Å². The molecule has 1 aromatic rings. The van der Waals surface area contributed by atoms with Crippen molar-refractivity contribution in [3.63, 3.8) is 0 Å². The second-order valence-corrected chi connectivity index (χ2v) is 3.78. The zero-order valence-corrected chi connectivity index (χ0v) is 6.28. The summed E-state index contributed by atoms with van der Waals surface area (Å²) < 4.78 is 20.4. The topological polar surface area (TPSA) is 59.9 Å². The second kappa shape index (κ2) is 2.40. The molecule has 0 saturated carbocycles. The molecule has 0 aromatic carbocycles. The van der Waals surface area contributed by atoms with E-state index >= 15 is 0 Å². The van der Waals surface area contributed by atoms with Gasteiger partial charge in [0.1, 0.15) is 5.01 Å². The highest BCUT2D eigenvalue weighted by atomic mass is 32.2. The van der Waals surface area contributed by atoms with Crippen LogP contribution in [0.3, 0.4) is 0 Å². The highest BCUT2D eigenvalue weighted by molar-refractivity contribution is 7.75. The van der Waals surface area contributed by atoms with Crippen LogP contribution in [0.4, 0.5) is 0 Å². The lowest BCUT2D eigenvalue weighted by Crippen LogP contribution is -1.76. The molecule has 9 heavy (non-hydrogen) atoms. The molecule has 0 aliphatic rings. The predicted molar refractivity (Wildman–Crippen MR) is 33.2 cm³/mol. The van der Waals surface area contributed by atoms with E-state index in [4.69, 9.17) is 0 Å². The SMILES string of the molecule is Cc1nnc([SH](=O)=O)s1. The molecule has 0 bridgehead atoms. The summed E-state index contributed by atoms with van der Waals surface area (Å²) in [4.78, 5) is 0. The van der Waals surface area contributed by atoms with Gasteiger partial charge in [0.25, 0.3) is 0 Å². The van der Waals surface area contributed by atoms with Crippen LogP contribution in [0.2, 0.25) is 0 Å². The number of aromatic nitrogens is 2. The van der Waals surface area contributed by atoms with Crippen LogP contribution in [-0.4, -0.2) is 18.6 Å². The van der Waals surface area contributed by atoms with E-state index in [1.165, 1.54) is 0 Å². The fraction of sp³-hybridized carbons (Fsp3) is 0.333. The van der Waals surface area contributed by atoms with Crippen LogP contribution in [0.25, 0.3) is 0 Å². The van der Waals surface area contributed by atoms with Crippen LogP contribution >= 0.6 is 11.3 Å².